The van der Waals surface area contributed by atoms with Crippen LogP contribution >= 0.6 is 15.9 Å². The molecule has 1 aliphatic rings. The molecule has 0 saturated carbocycles. The number of ether oxygens (including phenoxy) is 1. The minimum atomic E-state index is -0.521. The molecule has 0 bridgehead atoms. The number of nitrogens with zero attached hydrogens (tertiary/aromatic N) is 1. The molecule has 3 rings (SSSR count). The molecule has 2 aromatic carbocycles. The number of anilines is 2. The van der Waals surface area contributed by atoms with Gasteiger partial charge in [0.2, 0.25) is 5.91 Å². The molecule has 1 aliphatic heterocycles. The molecular weight excluding hydrogens is 433 g/mol. The highest BCUT2D eigenvalue weighted by molar-refractivity contribution is 9.10. The highest BCUT2D eigenvalue weighted by Gasteiger charge is 2.23. The van der Waals surface area contributed by atoms with Gasteiger partial charge in [-0.1, -0.05) is 6.07 Å². The van der Waals surface area contributed by atoms with Crippen molar-refractivity contribution in [2.45, 2.75) is 6.42 Å². The monoisotopic (exact) mass is 449 g/mol. The number of nitrogens with one attached hydrogen (secondary N) is 2. The highest BCUT2D eigenvalue weighted by Crippen LogP contribution is 2.22. The van der Waals surface area contributed by atoms with Crippen LogP contribution in [-0.4, -0.2) is 37.6 Å². The Kier molecular flexibility index (Phi) is 6.25. The van der Waals surface area contributed by atoms with Crippen molar-refractivity contribution in [2.24, 2.45) is 0 Å². The Balaban J connectivity index is 1.51. The zero-order valence-electron chi connectivity index (χ0n) is 14.7. The third kappa shape index (κ3) is 4.86. The maximum Gasteiger partial charge on any atom is 0.414 e. The van der Waals surface area contributed by atoms with Crippen molar-refractivity contribution >= 4 is 45.2 Å². The normalized spacial score (nSPS) is 13.2. The van der Waals surface area contributed by atoms with Crippen molar-refractivity contribution in [1.29, 1.82) is 0 Å². The van der Waals surface area contributed by atoms with E-state index in [4.69, 9.17) is 4.74 Å². The fourth-order valence-corrected chi connectivity index (χ4v) is 3.09. The molecule has 0 atom stereocenters. The second-order valence-electron chi connectivity index (χ2n) is 5.99. The first-order valence-corrected chi connectivity index (χ1v) is 9.31. The van der Waals surface area contributed by atoms with E-state index in [1.807, 2.05) is 0 Å². The summed E-state index contributed by atoms with van der Waals surface area (Å²) in [4.78, 5) is 37.3. The highest BCUT2D eigenvalue weighted by atomic mass is 79.9. The van der Waals surface area contributed by atoms with Gasteiger partial charge in [-0.25, -0.2) is 9.18 Å². The van der Waals surface area contributed by atoms with Gasteiger partial charge in [0, 0.05) is 28.8 Å². The first kappa shape index (κ1) is 19.8. The standard InChI is InChI=1S/C19H17BrFN3O4/c20-16-5-4-12(21)10-15(16)18(26)22-7-6-17(25)23-13-2-1-3-14(11-13)24-8-9-28-19(24)27/h1-5,10-11H,6-9H2,(H,22,26)(H,23,25). The summed E-state index contributed by atoms with van der Waals surface area (Å²) in [6, 6.07) is 10.6. The van der Waals surface area contributed by atoms with Gasteiger partial charge in [0.25, 0.3) is 5.91 Å². The topological polar surface area (TPSA) is 87.7 Å². The average molecular weight is 450 g/mol. The number of amides is 3. The molecule has 7 nitrogen and oxygen atoms in total. The largest absolute Gasteiger partial charge is 0.447 e. The van der Waals surface area contributed by atoms with Crippen LogP contribution in [0.5, 0.6) is 0 Å². The van der Waals surface area contributed by atoms with Crippen LogP contribution in [0, 0.1) is 5.82 Å². The molecule has 28 heavy (non-hydrogen) atoms. The Labute approximate surface area is 169 Å². The van der Waals surface area contributed by atoms with Crippen molar-refractivity contribution in [3.8, 4) is 0 Å². The summed E-state index contributed by atoms with van der Waals surface area (Å²) in [6.07, 6.45) is -0.385. The minimum absolute atomic E-state index is 0.0364. The molecule has 0 radical (unpaired) electrons. The smallest absolute Gasteiger partial charge is 0.414 e. The summed E-state index contributed by atoms with van der Waals surface area (Å²) in [7, 11) is 0. The van der Waals surface area contributed by atoms with Crippen molar-refractivity contribution in [1.82, 2.24) is 5.32 Å². The van der Waals surface area contributed by atoms with Gasteiger partial charge >= 0.3 is 6.09 Å². The first-order valence-electron chi connectivity index (χ1n) is 8.51. The molecule has 0 aromatic heterocycles. The van der Waals surface area contributed by atoms with E-state index < -0.39 is 17.8 Å². The van der Waals surface area contributed by atoms with Gasteiger partial charge in [0.1, 0.15) is 12.4 Å². The molecule has 146 valence electrons. The van der Waals surface area contributed by atoms with E-state index in [0.717, 1.165) is 6.07 Å². The summed E-state index contributed by atoms with van der Waals surface area (Å²) in [5.41, 5.74) is 1.32. The summed E-state index contributed by atoms with van der Waals surface area (Å²) in [5.74, 6) is -1.30. The van der Waals surface area contributed by atoms with E-state index in [0.29, 0.717) is 29.0 Å². The van der Waals surface area contributed by atoms with E-state index in [1.165, 1.54) is 17.0 Å². The lowest BCUT2D eigenvalue weighted by molar-refractivity contribution is -0.116. The van der Waals surface area contributed by atoms with Gasteiger partial charge in [0.05, 0.1) is 12.1 Å². The predicted molar refractivity (Wildman–Crippen MR) is 105 cm³/mol. The lowest BCUT2D eigenvalue weighted by atomic mass is 10.2. The first-order chi connectivity index (χ1) is 13.4. The molecule has 2 aromatic rings. The minimum Gasteiger partial charge on any atom is -0.447 e. The number of halogens is 2. The van der Waals surface area contributed by atoms with E-state index in [9.17, 15) is 18.8 Å². The van der Waals surface area contributed by atoms with Crippen molar-refractivity contribution < 1.29 is 23.5 Å². The third-order valence-corrected chi connectivity index (χ3v) is 4.70. The van der Waals surface area contributed by atoms with E-state index >= 15 is 0 Å². The molecule has 0 spiro atoms. The predicted octanol–water partition coefficient (Wildman–Crippen LogP) is 3.30. The van der Waals surface area contributed by atoms with Crippen LogP contribution in [0.2, 0.25) is 0 Å². The molecule has 9 heteroatoms. The lowest BCUT2D eigenvalue weighted by Crippen LogP contribution is -2.28. The van der Waals surface area contributed by atoms with Gasteiger partial charge in [-0.15, -0.1) is 0 Å². The van der Waals surface area contributed by atoms with Crippen LogP contribution in [0.3, 0.4) is 0 Å². The van der Waals surface area contributed by atoms with E-state index in [1.54, 1.807) is 24.3 Å². The van der Waals surface area contributed by atoms with Gasteiger partial charge in [-0.3, -0.25) is 14.5 Å². The second kappa shape index (κ2) is 8.83. The zero-order valence-corrected chi connectivity index (χ0v) is 16.3. The van der Waals surface area contributed by atoms with E-state index in [2.05, 4.69) is 26.6 Å². The van der Waals surface area contributed by atoms with Crippen LogP contribution in [0.4, 0.5) is 20.6 Å². The van der Waals surface area contributed by atoms with Crippen LogP contribution in [-0.2, 0) is 9.53 Å². The van der Waals surface area contributed by atoms with Crippen LogP contribution in [0.1, 0.15) is 16.8 Å². The third-order valence-electron chi connectivity index (χ3n) is 4.01. The fourth-order valence-electron chi connectivity index (χ4n) is 2.66. The van der Waals surface area contributed by atoms with Crippen molar-refractivity contribution in [3.63, 3.8) is 0 Å². The lowest BCUT2D eigenvalue weighted by Gasteiger charge is -2.14. The average Bonchev–Trinajstić information content (AvgIpc) is 3.09. The van der Waals surface area contributed by atoms with E-state index in [-0.39, 0.29) is 24.4 Å². The Morgan fingerprint density at radius 3 is 2.79 bits per heavy atom. The van der Waals surface area contributed by atoms with Gasteiger partial charge in [-0.05, 0) is 52.3 Å². The number of benzene rings is 2. The van der Waals surface area contributed by atoms with Crippen LogP contribution < -0.4 is 15.5 Å². The zero-order chi connectivity index (χ0) is 20.1. The van der Waals surface area contributed by atoms with Gasteiger partial charge in [-0.2, -0.15) is 0 Å². The summed E-state index contributed by atoms with van der Waals surface area (Å²) in [5, 5.41) is 5.30. The number of hydrogen-bond acceptors (Lipinski definition) is 4. The quantitative estimate of drug-likeness (QED) is 0.707. The number of cyclic esters (lactones) is 1. The van der Waals surface area contributed by atoms with Gasteiger partial charge < -0.3 is 15.4 Å². The molecule has 3 amide bonds. The Bertz CT molecular complexity index is 922. The molecule has 1 fully saturated rings. The molecular formula is C19H17BrFN3O4. The Morgan fingerprint density at radius 1 is 1.21 bits per heavy atom. The van der Waals surface area contributed by atoms with Crippen LogP contribution in [0.15, 0.2) is 46.9 Å². The number of rotatable bonds is 6. The van der Waals surface area contributed by atoms with Crippen molar-refractivity contribution in [3.05, 3.63) is 58.3 Å². The Hall–Kier alpha value is -2.94. The number of hydrogen-bond donors (Lipinski definition) is 2. The molecule has 2 N–H and O–H groups in total. The molecule has 0 unspecified atom stereocenters. The molecule has 0 aliphatic carbocycles. The fraction of sp³-hybridized carbons (Fsp3) is 0.211. The van der Waals surface area contributed by atoms with Crippen LogP contribution in [0.25, 0.3) is 0 Å². The number of carbonyl (C=O) groups excluding carboxylic acids is 3. The summed E-state index contributed by atoms with van der Waals surface area (Å²) in [6.45, 7) is 0.875. The number of carbonyl (C=O) groups is 3. The maximum atomic E-state index is 13.3. The Morgan fingerprint density at radius 2 is 2.04 bits per heavy atom. The second-order valence-corrected chi connectivity index (χ2v) is 6.85. The maximum absolute atomic E-state index is 13.3. The summed E-state index contributed by atoms with van der Waals surface area (Å²) < 4.78 is 18.6. The molecule has 1 saturated heterocycles. The molecule has 1 heterocycles. The van der Waals surface area contributed by atoms with Crippen molar-refractivity contribution in [2.75, 3.05) is 29.9 Å². The SMILES string of the molecule is O=C(CCNC(=O)c1cc(F)ccc1Br)Nc1cccc(N2CCOC2=O)c1. The summed E-state index contributed by atoms with van der Waals surface area (Å²) >= 11 is 3.19. The van der Waals surface area contributed by atoms with Gasteiger partial charge in [0.15, 0.2) is 0 Å².